The predicted molar refractivity (Wildman–Crippen MR) is 141 cm³/mol. The van der Waals surface area contributed by atoms with E-state index in [9.17, 15) is 9.59 Å². The molecule has 8 heteroatoms. The van der Waals surface area contributed by atoms with Crippen molar-refractivity contribution in [2.24, 2.45) is 5.10 Å². The summed E-state index contributed by atoms with van der Waals surface area (Å²) in [5.74, 6) is 0.297. The van der Waals surface area contributed by atoms with Gasteiger partial charge in [-0.05, 0) is 59.3 Å². The second-order valence-electron chi connectivity index (χ2n) is 8.06. The van der Waals surface area contributed by atoms with Crippen LogP contribution in [0.4, 0.5) is 0 Å². The van der Waals surface area contributed by atoms with Crippen molar-refractivity contribution in [2.45, 2.75) is 26.7 Å². The van der Waals surface area contributed by atoms with Crippen LogP contribution in [0.1, 0.15) is 47.1 Å². The predicted octanol–water partition coefficient (Wildman–Crippen LogP) is 6.45. The summed E-state index contributed by atoms with van der Waals surface area (Å²) >= 11 is 6.94. The van der Waals surface area contributed by atoms with Crippen LogP contribution in [0.5, 0.6) is 5.75 Å². The molecule has 0 fully saturated rings. The molecule has 4 rings (SSSR count). The first-order valence-electron chi connectivity index (χ1n) is 10.6. The van der Waals surface area contributed by atoms with Crippen molar-refractivity contribution in [3.8, 4) is 5.75 Å². The zero-order valence-electron chi connectivity index (χ0n) is 18.8. The molecule has 0 aliphatic carbocycles. The number of carbonyl (C=O) groups is 1. The van der Waals surface area contributed by atoms with Gasteiger partial charge in [0.05, 0.1) is 27.2 Å². The molecule has 0 aliphatic rings. The standard InChI is InChI=1S/C26H21Br2N3O3/c1-15(2)24-30-22-7-5-4-6-20(22)25(32)31(24)29-14-18-12-19(27)13-21(28)23(18)34-26(33)17-10-8-16(3)9-11-17/h4-15H,1-3H3. The zero-order chi connectivity index (χ0) is 24.4. The number of aryl methyl sites for hydroxylation is 1. The van der Waals surface area contributed by atoms with Gasteiger partial charge in [0.15, 0.2) is 5.75 Å². The molecule has 1 heterocycles. The van der Waals surface area contributed by atoms with E-state index in [0.717, 1.165) is 10.0 Å². The Bertz CT molecular complexity index is 1480. The highest BCUT2D eigenvalue weighted by Gasteiger charge is 2.17. The molecule has 0 bridgehead atoms. The van der Waals surface area contributed by atoms with Crippen LogP contribution in [-0.4, -0.2) is 21.8 Å². The zero-order valence-corrected chi connectivity index (χ0v) is 21.9. The Morgan fingerprint density at radius 1 is 1.09 bits per heavy atom. The quantitative estimate of drug-likeness (QED) is 0.154. The monoisotopic (exact) mass is 581 g/mol. The summed E-state index contributed by atoms with van der Waals surface area (Å²) < 4.78 is 8.34. The van der Waals surface area contributed by atoms with E-state index in [-0.39, 0.29) is 11.5 Å². The highest BCUT2D eigenvalue weighted by atomic mass is 79.9. The second kappa shape index (κ2) is 10.0. The lowest BCUT2D eigenvalue weighted by molar-refractivity contribution is 0.0733. The molecule has 0 saturated carbocycles. The molecule has 0 amide bonds. The molecule has 0 spiro atoms. The van der Waals surface area contributed by atoms with Crippen molar-refractivity contribution in [3.63, 3.8) is 0 Å². The summed E-state index contributed by atoms with van der Waals surface area (Å²) in [6.45, 7) is 5.85. The number of benzene rings is 3. The average molecular weight is 583 g/mol. The first-order chi connectivity index (χ1) is 16.2. The summed E-state index contributed by atoms with van der Waals surface area (Å²) in [4.78, 5) is 30.6. The van der Waals surface area contributed by atoms with Gasteiger partial charge in [-0.1, -0.05) is 59.6 Å². The van der Waals surface area contributed by atoms with Crippen LogP contribution in [0.25, 0.3) is 10.9 Å². The number of para-hydroxylation sites is 1. The normalized spacial score (nSPS) is 11.5. The molecule has 172 valence electrons. The number of carbonyl (C=O) groups excluding carboxylic acids is 1. The van der Waals surface area contributed by atoms with Crippen LogP contribution in [0.3, 0.4) is 0 Å². The lowest BCUT2D eigenvalue weighted by Crippen LogP contribution is -2.23. The van der Waals surface area contributed by atoms with Crippen molar-refractivity contribution >= 4 is 54.9 Å². The van der Waals surface area contributed by atoms with Gasteiger partial charge in [-0.15, -0.1) is 0 Å². The number of rotatable bonds is 5. The molecule has 34 heavy (non-hydrogen) atoms. The van der Waals surface area contributed by atoms with E-state index in [1.807, 2.05) is 45.0 Å². The number of esters is 1. The summed E-state index contributed by atoms with van der Waals surface area (Å²) in [6.07, 6.45) is 1.50. The summed E-state index contributed by atoms with van der Waals surface area (Å²) in [6, 6.07) is 17.9. The van der Waals surface area contributed by atoms with Gasteiger partial charge in [0, 0.05) is 16.0 Å². The molecule has 1 aromatic heterocycles. The SMILES string of the molecule is Cc1ccc(C(=O)Oc2c(Br)cc(Br)cc2C=Nn2c(C(C)C)nc3ccccc3c2=O)cc1. The molecular weight excluding hydrogens is 562 g/mol. The number of nitrogens with zero attached hydrogens (tertiary/aromatic N) is 3. The van der Waals surface area contributed by atoms with E-state index >= 15 is 0 Å². The molecule has 0 saturated heterocycles. The number of ether oxygens (including phenoxy) is 1. The summed E-state index contributed by atoms with van der Waals surface area (Å²) in [7, 11) is 0. The van der Waals surface area contributed by atoms with E-state index in [1.165, 1.54) is 10.9 Å². The molecule has 0 unspecified atom stereocenters. The lowest BCUT2D eigenvalue weighted by Gasteiger charge is -2.13. The number of aromatic nitrogens is 2. The Hall–Kier alpha value is -3.10. The smallest absolute Gasteiger partial charge is 0.343 e. The number of hydrogen-bond acceptors (Lipinski definition) is 5. The fourth-order valence-electron chi connectivity index (χ4n) is 3.37. The summed E-state index contributed by atoms with van der Waals surface area (Å²) in [5, 5.41) is 4.94. The van der Waals surface area contributed by atoms with Gasteiger partial charge in [0.1, 0.15) is 5.82 Å². The second-order valence-corrected chi connectivity index (χ2v) is 9.83. The van der Waals surface area contributed by atoms with Crippen molar-refractivity contribution in [1.29, 1.82) is 0 Å². The Labute approximate surface area is 213 Å². The van der Waals surface area contributed by atoms with Gasteiger partial charge in [-0.3, -0.25) is 4.79 Å². The Kier molecular flexibility index (Phi) is 7.09. The van der Waals surface area contributed by atoms with Crippen molar-refractivity contribution in [1.82, 2.24) is 9.66 Å². The van der Waals surface area contributed by atoms with E-state index in [4.69, 9.17) is 4.74 Å². The van der Waals surface area contributed by atoms with Crippen molar-refractivity contribution < 1.29 is 9.53 Å². The maximum Gasteiger partial charge on any atom is 0.343 e. The van der Waals surface area contributed by atoms with Gasteiger partial charge < -0.3 is 4.74 Å². The maximum absolute atomic E-state index is 13.2. The van der Waals surface area contributed by atoms with E-state index < -0.39 is 5.97 Å². The molecule has 0 aliphatic heterocycles. The average Bonchev–Trinajstić information content (AvgIpc) is 2.80. The molecule has 3 aromatic carbocycles. The van der Waals surface area contributed by atoms with Gasteiger partial charge in [0.2, 0.25) is 0 Å². The van der Waals surface area contributed by atoms with Crippen LogP contribution in [0.15, 0.2) is 79.5 Å². The van der Waals surface area contributed by atoms with E-state index in [1.54, 1.807) is 36.4 Å². The van der Waals surface area contributed by atoms with Gasteiger partial charge in [-0.25, -0.2) is 9.78 Å². The maximum atomic E-state index is 13.2. The first kappa shape index (κ1) is 24.0. The fourth-order valence-corrected chi connectivity index (χ4v) is 4.71. The molecule has 6 nitrogen and oxygen atoms in total. The molecule has 0 radical (unpaired) electrons. The molecule has 0 N–H and O–H groups in total. The first-order valence-corrected chi connectivity index (χ1v) is 12.2. The van der Waals surface area contributed by atoms with Crippen LogP contribution < -0.4 is 10.3 Å². The molecule has 0 atom stereocenters. The van der Waals surface area contributed by atoms with Crippen LogP contribution in [-0.2, 0) is 0 Å². The van der Waals surface area contributed by atoms with Gasteiger partial charge in [0.25, 0.3) is 5.56 Å². The largest absolute Gasteiger partial charge is 0.421 e. The summed E-state index contributed by atoms with van der Waals surface area (Å²) in [5.41, 5.74) is 2.35. The molecular formula is C26H21Br2N3O3. The lowest BCUT2D eigenvalue weighted by atomic mass is 10.1. The number of halogens is 2. The minimum absolute atomic E-state index is 0.0393. The fraction of sp³-hybridized carbons (Fsp3) is 0.154. The van der Waals surface area contributed by atoms with Crippen LogP contribution >= 0.6 is 31.9 Å². The molecule has 4 aromatic rings. The third kappa shape index (κ3) is 5.03. The number of hydrogen-bond donors (Lipinski definition) is 0. The highest BCUT2D eigenvalue weighted by molar-refractivity contribution is 9.11. The van der Waals surface area contributed by atoms with Crippen LogP contribution in [0.2, 0.25) is 0 Å². The Morgan fingerprint density at radius 3 is 2.50 bits per heavy atom. The van der Waals surface area contributed by atoms with E-state index in [0.29, 0.717) is 38.1 Å². The van der Waals surface area contributed by atoms with Gasteiger partial charge in [-0.2, -0.15) is 9.78 Å². The third-order valence-electron chi connectivity index (χ3n) is 5.13. The Morgan fingerprint density at radius 2 is 1.79 bits per heavy atom. The Balaban J connectivity index is 1.78. The highest BCUT2D eigenvalue weighted by Crippen LogP contribution is 2.33. The third-order valence-corrected chi connectivity index (χ3v) is 6.17. The minimum atomic E-state index is -0.495. The topological polar surface area (TPSA) is 73.5 Å². The van der Waals surface area contributed by atoms with Crippen LogP contribution in [0, 0.1) is 6.92 Å². The van der Waals surface area contributed by atoms with Crippen molar-refractivity contribution in [3.05, 3.63) is 102 Å². The van der Waals surface area contributed by atoms with E-state index in [2.05, 4.69) is 41.9 Å². The minimum Gasteiger partial charge on any atom is -0.421 e. The van der Waals surface area contributed by atoms with Gasteiger partial charge >= 0.3 is 5.97 Å². The van der Waals surface area contributed by atoms with Crippen molar-refractivity contribution in [2.75, 3.05) is 0 Å². The number of fused-ring (bicyclic) bond motifs is 1.